The predicted molar refractivity (Wildman–Crippen MR) is 246 cm³/mol. The largest absolute Gasteiger partial charge is 0.462 e. The van der Waals surface area contributed by atoms with Crippen LogP contribution < -0.4 is 5.32 Å². The number of nitrogens with one attached hydrogen (secondary N) is 1. The molecule has 0 amide bonds. The van der Waals surface area contributed by atoms with E-state index in [1.165, 1.54) is 174 Å². The van der Waals surface area contributed by atoms with E-state index in [4.69, 9.17) is 9.47 Å². The van der Waals surface area contributed by atoms with Crippen LogP contribution in [0.5, 0.6) is 0 Å². The third kappa shape index (κ3) is 42.5. The molecule has 6 nitrogen and oxygen atoms in total. The van der Waals surface area contributed by atoms with Crippen molar-refractivity contribution in [3.05, 3.63) is 0 Å². The van der Waals surface area contributed by atoms with E-state index in [2.05, 4.69) is 37.9 Å². The molecule has 1 N–H and O–H groups in total. The third-order valence-electron chi connectivity index (χ3n) is 11.3. The van der Waals surface area contributed by atoms with Crippen molar-refractivity contribution in [2.45, 2.75) is 278 Å². The second-order valence-corrected chi connectivity index (χ2v) is 16.6. The van der Waals surface area contributed by atoms with Crippen molar-refractivity contribution in [1.29, 1.82) is 0 Å². The Labute approximate surface area is 351 Å². The number of ether oxygens (including phenoxy) is 2. The fourth-order valence-electron chi connectivity index (χ4n) is 7.64. The molecule has 1 unspecified atom stereocenters. The fraction of sp³-hybridized carbons (Fsp3) is 0.960. The van der Waals surface area contributed by atoms with Gasteiger partial charge in [-0.2, -0.15) is 0 Å². The molecular formula is C50H102N2O4. The number of esters is 2. The highest BCUT2D eigenvalue weighted by Crippen LogP contribution is 2.19. The monoisotopic (exact) mass is 795 g/mol. The number of carbonyl (C=O) groups is 2. The Morgan fingerprint density at radius 2 is 0.750 bits per heavy atom. The summed E-state index contributed by atoms with van der Waals surface area (Å²) >= 11 is 0. The zero-order valence-corrected chi connectivity index (χ0v) is 39.3. The van der Waals surface area contributed by atoms with E-state index in [1.54, 1.807) is 0 Å². The van der Waals surface area contributed by atoms with E-state index in [1.807, 2.05) is 20.9 Å². The molecule has 0 aromatic heterocycles. The van der Waals surface area contributed by atoms with Gasteiger partial charge in [0.1, 0.15) is 12.2 Å². The first-order valence-corrected chi connectivity index (χ1v) is 25.3. The lowest BCUT2D eigenvalue weighted by Crippen LogP contribution is -2.29. The van der Waals surface area contributed by atoms with Gasteiger partial charge in [0, 0.05) is 12.8 Å². The van der Waals surface area contributed by atoms with Crippen LogP contribution >= 0.6 is 0 Å². The first kappa shape index (κ1) is 57.0. The van der Waals surface area contributed by atoms with Crippen LogP contribution in [-0.2, 0) is 19.1 Å². The van der Waals surface area contributed by atoms with E-state index in [-0.39, 0.29) is 24.1 Å². The van der Waals surface area contributed by atoms with Crippen LogP contribution in [0.2, 0.25) is 0 Å². The van der Waals surface area contributed by atoms with Crippen LogP contribution in [-0.4, -0.2) is 62.3 Å². The van der Waals surface area contributed by atoms with E-state index >= 15 is 0 Å². The molecule has 336 valence electrons. The Morgan fingerprint density at radius 3 is 1.14 bits per heavy atom. The molecule has 0 spiro atoms. The summed E-state index contributed by atoms with van der Waals surface area (Å²) in [6, 6.07) is 0. The maximum absolute atomic E-state index is 12.8. The first-order chi connectivity index (χ1) is 27.5. The highest BCUT2D eigenvalue weighted by molar-refractivity contribution is 5.69. The minimum atomic E-state index is 0.00900. The highest BCUT2D eigenvalue weighted by Gasteiger charge is 2.15. The number of unbranched alkanes of at least 4 members (excludes halogenated alkanes) is 23. The molecule has 0 bridgehead atoms. The van der Waals surface area contributed by atoms with Crippen molar-refractivity contribution in [3.8, 4) is 0 Å². The standard InChI is InChI=1S/C48H96N2O4.C2H6/c1-6-10-13-16-21-28-36-45(9-4)53-47(51)39-31-24-19-26-33-42-50(44-35-41-49-5)43-34-27-20-25-32-40-48(52)54-46(37-29-22-17-14-11-7-2)38-30-23-18-15-12-8-3;1-2/h45-46,49H,6-44H2,1-5H3;1-2H3. The van der Waals surface area contributed by atoms with Gasteiger partial charge >= 0.3 is 11.9 Å². The topological polar surface area (TPSA) is 67.9 Å². The molecule has 0 aliphatic rings. The molecule has 0 radical (unpaired) electrons. The van der Waals surface area contributed by atoms with E-state index < -0.39 is 0 Å². The summed E-state index contributed by atoms with van der Waals surface area (Å²) in [5.41, 5.74) is 0. The van der Waals surface area contributed by atoms with Crippen molar-refractivity contribution in [1.82, 2.24) is 10.2 Å². The van der Waals surface area contributed by atoms with Gasteiger partial charge in [0.05, 0.1) is 0 Å². The van der Waals surface area contributed by atoms with Gasteiger partial charge in [-0.3, -0.25) is 9.59 Å². The summed E-state index contributed by atoms with van der Waals surface area (Å²) in [4.78, 5) is 27.9. The van der Waals surface area contributed by atoms with Gasteiger partial charge in [0.2, 0.25) is 0 Å². The van der Waals surface area contributed by atoms with Gasteiger partial charge in [0.15, 0.2) is 0 Å². The number of carbonyl (C=O) groups excluding carboxylic acids is 2. The van der Waals surface area contributed by atoms with Crippen molar-refractivity contribution in [2.24, 2.45) is 0 Å². The molecule has 0 aromatic rings. The van der Waals surface area contributed by atoms with Crippen molar-refractivity contribution >= 4 is 11.9 Å². The summed E-state index contributed by atoms with van der Waals surface area (Å²) in [6.07, 6.45) is 41.4. The zero-order valence-electron chi connectivity index (χ0n) is 39.3. The van der Waals surface area contributed by atoms with Crippen LogP contribution in [0.1, 0.15) is 266 Å². The smallest absolute Gasteiger partial charge is 0.306 e. The molecule has 0 aliphatic carbocycles. The Balaban J connectivity index is 0. The van der Waals surface area contributed by atoms with Crippen LogP contribution in [0.3, 0.4) is 0 Å². The molecule has 0 heterocycles. The van der Waals surface area contributed by atoms with E-state index in [0.29, 0.717) is 12.8 Å². The van der Waals surface area contributed by atoms with E-state index in [9.17, 15) is 9.59 Å². The summed E-state index contributed by atoms with van der Waals surface area (Å²) in [5.74, 6) is 0.0475. The predicted octanol–water partition coefficient (Wildman–Crippen LogP) is 15.1. The Hall–Kier alpha value is -1.14. The lowest BCUT2D eigenvalue weighted by Gasteiger charge is -2.22. The van der Waals surface area contributed by atoms with Crippen LogP contribution in [0.25, 0.3) is 0 Å². The molecule has 0 fully saturated rings. The van der Waals surface area contributed by atoms with Crippen molar-refractivity contribution < 1.29 is 19.1 Å². The lowest BCUT2D eigenvalue weighted by atomic mass is 10.0. The van der Waals surface area contributed by atoms with Gasteiger partial charge in [-0.15, -0.1) is 0 Å². The Kier molecular flexibility index (Phi) is 49.1. The maximum atomic E-state index is 12.8. The molecule has 0 aliphatic heterocycles. The molecule has 0 saturated carbocycles. The number of hydrogen-bond acceptors (Lipinski definition) is 6. The normalized spacial score (nSPS) is 11.9. The minimum Gasteiger partial charge on any atom is -0.462 e. The fourth-order valence-corrected chi connectivity index (χ4v) is 7.64. The average Bonchev–Trinajstić information content (AvgIpc) is 3.20. The third-order valence-corrected chi connectivity index (χ3v) is 11.3. The second-order valence-electron chi connectivity index (χ2n) is 16.6. The Morgan fingerprint density at radius 1 is 0.429 bits per heavy atom. The van der Waals surface area contributed by atoms with Gasteiger partial charge in [-0.05, 0) is 110 Å². The molecule has 0 saturated heterocycles. The molecular weight excluding hydrogens is 693 g/mol. The molecule has 6 heteroatoms. The van der Waals surface area contributed by atoms with Crippen LogP contribution in [0.15, 0.2) is 0 Å². The van der Waals surface area contributed by atoms with E-state index in [0.717, 1.165) is 64.5 Å². The Bertz CT molecular complexity index is 762. The second kappa shape index (κ2) is 48.2. The molecule has 1 atom stereocenters. The SMILES string of the molecule is CC.CCCCCCCCC(CC)OC(=O)CCCCCCCN(CCCCCCCC(=O)OC(CCCCCCCC)CCCCCCCC)CCCNC. The molecule has 0 aromatic carbocycles. The van der Waals surface area contributed by atoms with Gasteiger partial charge in [-0.25, -0.2) is 0 Å². The summed E-state index contributed by atoms with van der Waals surface area (Å²) in [5, 5.41) is 3.30. The average molecular weight is 795 g/mol. The number of nitrogens with zero attached hydrogens (tertiary/aromatic N) is 1. The van der Waals surface area contributed by atoms with Crippen molar-refractivity contribution in [3.63, 3.8) is 0 Å². The summed E-state index contributed by atoms with van der Waals surface area (Å²) in [6.45, 7) is 17.5. The minimum absolute atomic E-state index is 0.00900. The van der Waals surface area contributed by atoms with Crippen LogP contribution in [0, 0.1) is 0 Å². The first-order valence-electron chi connectivity index (χ1n) is 25.3. The molecule has 56 heavy (non-hydrogen) atoms. The number of rotatable bonds is 44. The zero-order chi connectivity index (χ0) is 41.6. The van der Waals surface area contributed by atoms with Gasteiger partial charge in [-0.1, -0.05) is 176 Å². The maximum Gasteiger partial charge on any atom is 0.306 e. The summed E-state index contributed by atoms with van der Waals surface area (Å²) < 4.78 is 11.9. The van der Waals surface area contributed by atoms with Gasteiger partial charge < -0.3 is 19.7 Å². The van der Waals surface area contributed by atoms with Gasteiger partial charge in [0.25, 0.3) is 0 Å². The van der Waals surface area contributed by atoms with Crippen LogP contribution in [0.4, 0.5) is 0 Å². The number of hydrogen-bond donors (Lipinski definition) is 1. The highest BCUT2D eigenvalue weighted by atomic mass is 16.5. The molecule has 0 rings (SSSR count). The quantitative estimate of drug-likeness (QED) is 0.0489. The lowest BCUT2D eigenvalue weighted by molar-refractivity contribution is -0.150. The summed E-state index contributed by atoms with van der Waals surface area (Å²) in [7, 11) is 2.04. The van der Waals surface area contributed by atoms with Crippen molar-refractivity contribution in [2.75, 3.05) is 33.2 Å².